The zero-order valence-corrected chi connectivity index (χ0v) is 19.4. The maximum absolute atomic E-state index is 12.0. The highest BCUT2D eigenvalue weighted by atomic mass is 79.9. The molecule has 9 heteroatoms. The molecule has 28 heavy (non-hydrogen) atoms. The number of hydrogen-bond donors (Lipinski definition) is 1. The third-order valence-electron chi connectivity index (χ3n) is 3.67. The van der Waals surface area contributed by atoms with Crippen LogP contribution in [0.1, 0.15) is 34.9 Å². The van der Waals surface area contributed by atoms with Gasteiger partial charge in [0.05, 0.1) is 45.7 Å². The maximum atomic E-state index is 12.0. The van der Waals surface area contributed by atoms with Crippen LogP contribution in [0.2, 0.25) is 0 Å². The Morgan fingerprint density at radius 2 is 1.96 bits per heavy atom. The molecule has 0 aliphatic heterocycles. The molecule has 0 fully saturated rings. The second kappa shape index (κ2) is 9.99. The second-order valence-electron chi connectivity index (χ2n) is 5.67. The van der Waals surface area contributed by atoms with E-state index in [0.717, 1.165) is 26.4 Å². The molecule has 0 aliphatic rings. The molecule has 6 nitrogen and oxygen atoms in total. The first kappa shape index (κ1) is 22.3. The zero-order chi connectivity index (χ0) is 19.4. The Kier molecular flexibility index (Phi) is 7.97. The molecule has 0 amide bonds. The van der Waals surface area contributed by atoms with Crippen molar-refractivity contribution in [1.29, 1.82) is 0 Å². The fourth-order valence-corrected chi connectivity index (χ4v) is 4.24. The highest BCUT2D eigenvalue weighted by Gasteiger charge is 2.15. The molecule has 0 bridgehead atoms. The number of aryl methyl sites for hydroxylation is 2. The number of hydrogen-bond acceptors (Lipinski definition) is 8. The van der Waals surface area contributed by atoms with Gasteiger partial charge in [-0.25, -0.2) is 14.8 Å². The van der Waals surface area contributed by atoms with Gasteiger partial charge in [0, 0.05) is 5.38 Å². The van der Waals surface area contributed by atoms with Crippen LogP contribution in [0.15, 0.2) is 23.6 Å². The first-order chi connectivity index (χ1) is 13.0. The van der Waals surface area contributed by atoms with Crippen LogP contribution in [0.25, 0.3) is 10.6 Å². The van der Waals surface area contributed by atoms with E-state index in [-0.39, 0.29) is 23.0 Å². The van der Waals surface area contributed by atoms with Crippen LogP contribution in [0, 0.1) is 13.8 Å². The number of anilines is 2. The van der Waals surface area contributed by atoms with Gasteiger partial charge in [-0.1, -0.05) is 0 Å². The molecule has 150 valence electrons. The van der Waals surface area contributed by atoms with Gasteiger partial charge in [-0.3, -0.25) is 0 Å². The van der Waals surface area contributed by atoms with Crippen molar-refractivity contribution in [3.8, 4) is 16.3 Å². The van der Waals surface area contributed by atoms with Crippen LogP contribution >= 0.6 is 39.7 Å². The van der Waals surface area contributed by atoms with E-state index in [0.29, 0.717) is 30.2 Å². The maximum Gasteiger partial charge on any atom is 0.338 e. The molecule has 0 radical (unpaired) electrons. The number of carbonyl (C=O) groups is 1. The van der Waals surface area contributed by atoms with Crippen LogP contribution in [0.3, 0.4) is 0 Å². The summed E-state index contributed by atoms with van der Waals surface area (Å²) >= 11 is 3.12. The summed E-state index contributed by atoms with van der Waals surface area (Å²) in [4.78, 5) is 22.2. The number of carbonyl (C=O) groups excluding carboxylic acids is 1. The van der Waals surface area contributed by atoms with Gasteiger partial charge in [0.25, 0.3) is 0 Å². The first-order valence-corrected chi connectivity index (χ1v) is 10.3. The van der Waals surface area contributed by atoms with Gasteiger partial charge in [-0.05, 0) is 45.9 Å². The quantitative estimate of drug-likeness (QED) is 0.429. The molecule has 0 saturated carbocycles. The van der Waals surface area contributed by atoms with Gasteiger partial charge >= 0.3 is 5.97 Å². The van der Waals surface area contributed by atoms with E-state index in [9.17, 15) is 4.79 Å². The highest BCUT2D eigenvalue weighted by molar-refractivity contribution is 8.93. The Labute approximate surface area is 182 Å². The molecule has 0 spiro atoms. The van der Waals surface area contributed by atoms with E-state index in [1.165, 1.54) is 11.3 Å². The minimum atomic E-state index is -0.362. The normalized spacial score (nSPS) is 10.3. The van der Waals surface area contributed by atoms with Gasteiger partial charge in [-0.2, -0.15) is 0 Å². The summed E-state index contributed by atoms with van der Waals surface area (Å²) in [7, 11) is 0. The number of esters is 1. The number of aromatic nitrogens is 2. The van der Waals surface area contributed by atoms with E-state index in [4.69, 9.17) is 9.47 Å². The van der Waals surface area contributed by atoms with Gasteiger partial charge in [0.2, 0.25) is 0 Å². The number of ether oxygens (including phenoxy) is 2. The molecule has 2 heterocycles. The summed E-state index contributed by atoms with van der Waals surface area (Å²) in [5.41, 5.74) is 3.02. The van der Waals surface area contributed by atoms with Crippen molar-refractivity contribution in [2.45, 2.75) is 27.7 Å². The SMILES string of the molecule is Br.CCOC(=O)c1ccc(OCC)c(Nc2nc(-c3sc(C)nc3C)cs2)c1. The molecule has 2 aromatic heterocycles. The molecule has 0 aliphatic carbocycles. The Hall–Kier alpha value is -1.97. The lowest BCUT2D eigenvalue weighted by atomic mass is 10.2. The van der Waals surface area contributed by atoms with Crippen molar-refractivity contribution in [3.05, 3.63) is 39.8 Å². The number of benzene rings is 1. The second-order valence-corrected chi connectivity index (χ2v) is 7.74. The molecule has 1 aromatic carbocycles. The van der Waals surface area contributed by atoms with Crippen LogP contribution in [0.4, 0.5) is 10.8 Å². The molecule has 1 N–H and O–H groups in total. The number of rotatable bonds is 7. The van der Waals surface area contributed by atoms with E-state index < -0.39 is 0 Å². The lowest BCUT2D eigenvalue weighted by Gasteiger charge is -2.12. The van der Waals surface area contributed by atoms with Crippen LogP contribution < -0.4 is 10.1 Å². The fourth-order valence-electron chi connectivity index (χ4n) is 2.57. The summed E-state index contributed by atoms with van der Waals surface area (Å²) in [5.74, 6) is 0.297. The average molecular weight is 484 g/mol. The smallest absolute Gasteiger partial charge is 0.338 e. The minimum Gasteiger partial charge on any atom is -0.492 e. The average Bonchev–Trinajstić information content (AvgIpc) is 3.22. The summed E-state index contributed by atoms with van der Waals surface area (Å²) in [6, 6.07) is 5.19. The number of nitrogens with zero attached hydrogens (tertiary/aromatic N) is 2. The standard InChI is InChI=1S/C19H21N3O3S2.BrH/c1-5-24-16-8-7-13(18(23)25-6-2)9-14(16)21-19-22-15(10-26-19)17-11(3)20-12(4)27-17;/h7-10H,5-6H2,1-4H3,(H,21,22);1H. The van der Waals surface area contributed by atoms with Crippen molar-refractivity contribution in [2.75, 3.05) is 18.5 Å². The molecular weight excluding hydrogens is 462 g/mol. The van der Waals surface area contributed by atoms with Gasteiger partial charge < -0.3 is 14.8 Å². The van der Waals surface area contributed by atoms with E-state index in [1.807, 2.05) is 26.2 Å². The predicted octanol–water partition coefficient (Wildman–Crippen LogP) is 5.78. The summed E-state index contributed by atoms with van der Waals surface area (Å²) in [6.07, 6.45) is 0. The number of halogens is 1. The predicted molar refractivity (Wildman–Crippen MR) is 120 cm³/mol. The highest BCUT2D eigenvalue weighted by Crippen LogP contribution is 2.35. The first-order valence-electron chi connectivity index (χ1n) is 8.62. The molecule has 3 rings (SSSR count). The van der Waals surface area contributed by atoms with Gasteiger partial charge in [0.15, 0.2) is 5.13 Å². The lowest BCUT2D eigenvalue weighted by molar-refractivity contribution is 0.0526. The molecule has 0 saturated heterocycles. The third kappa shape index (κ3) is 5.09. The van der Waals surface area contributed by atoms with Crippen molar-refractivity contribution < 1.29 is 14.3 Å². The van der Waals surface area contributed by atoms with Crippen LogP contribution in [-0.2, 0) is 4.74 Å². The number of nitrogens with one attached hydrogen (secondary N) is 1. The Morgan fingerprint density at radius 1 is 1.18 bits per heavy atom. The van der Waals surface area contributed by atoms with E-state index in [2.05, 4.69) is 15.3 Å². The van der Waals surface area contributed by atoms with E-state index in [1.54, 1.807) is 36.5 Å². The van der Waals surface area contributed by atoms with E-state index >= 15 is 0 Å². The topological polar surface area (TPSA) is 73.3 Å². The third-order valence-corrected chi connectivity index (χ3v) is 5.53. The monoisotopic (exact) mass is 483 g/mol. The molecular formula is C19H22BrN3O3S2. The number of thiazole rings is 2. The zero-order valence-electron chi connectivity index (χ0n) is 16.1. The van der Waals surface area contributed by atoms with Crippen molar-refractivity contribution in [1.82, 2.24) is 9.97 Å². The lowest BCUT2D eigenvalue weighted by Crippen LogP contribution is -2.06. The van der Waals surface area contributed by atoms with Gasteiger partial charge in [-0.15, -0.1) is 39.7 Å². The Balaban J connectivity index is 0.00000280. The van der Waals surface area contributed by atoms with Crippen LogP contribution in [0.5, 0.6) is 5.75 Å². The summed E-state index contributed by atoms with van der Waals surface area (Å²) in [5, 5.41) is 7.01. The molecule has 0 atom stereocenters. The van der Waals surface area contributed by atoms with Crippen molar-refractivity contribution >= 4 is 56.4 Å². The van der Waals surface area contributed by atoms with Crippen molar-refractivity contribution in [2.24, 2.45) is 0 Å². The van der Waals surface area contributed by atoms with Crippen LogP contribution in [-0.4, -0.2) is 29.2 Å². The Morgan fingerprint density at radius 3 is 2.61 bits per heavy atom. The molecule has 0 unspecified atom stereocenters. The van der Waals surface area contributed by atoms with Crippen molar-refractivity contribution in [3.63, 3.8) is 0 Å². The summed E-state index contributed by atoms with van der Waals surface area (Å²) < 4.78 is 10.8. The summed E-state index contributed by atoms with van der Waals surface area (Å²) in [6.45, 7) is 8.53. The Bertz CT molecular complexity index is 956. The van der Waals surface area contributed by atoms with Gasteiger partial charge in [0.1, 0.15) is 5.75 Å². The molecule has 3 aromatic rings. The minimum absolute atomic E-state index is 0. The fraction of sp³-hybridized carbons (Fsp3) is 0.316. The largest absolute Gasteiger partial charge is 0.492 e.